The van der Waals surface area contributed by atoms with Crippen molar-refractivity contribution in [2.45, 2.75) is 0 Å². The van der Waals surface area contributed by atoms with Gasteiger partial charge in [-0.2, -0.15) is 10.4 Å². The zero-order valence-electron chi connectivity index (χ0n) is 21.4. The Morgan fingerprint density at radius 1 is 1.07 bits per heavy atom. The van der Waals surface area contributed by atoms with Gasteiger partial charge in [0, 0.05) is 15.6 Å². The normalized spacial score (nSPS) is 10.6. The topological polar surface area (TPSA) is 151 Å². The summed E-state index contributed by atoms with van der Waals surface area (Å²) in [6.07, 6.45) is 1.48. The first-order chi connectivity index (χ1) is 19.4. The summed E-state index contributed by atoms with van der Waals surface area (Å²) < 4.78 is 17.0. The molecular weight excluding hydrogens is 580 g/mol. The molecule has 12 heteroatoms. The van der Waals surface area contributed by atoms with Crippen LogP contribution in [-0.4, -0.2) is 42.9 Å². The fourth-order valence-corrected chi connectivity index (χ4v) is 4.02. The number of methoxy groups -OCH3 is 2. The van der Waals surface area contributed by atoms with Gasteiger partial charge in [-0.3, -0.25) is 14.6 Å². The van der Waals surface area contributed by atoms with E-state index in [0.29, 0.717) is 38.5 Å². The highest BCUT2D eigenvalue weighted by molar-refractivity contribution is 9.10. The Hall–Kier alpha value is -5.15. The second kappa shape index (κ2) is 13.1. The minimum Gasteiger partial charge on any atom is -0.495 e. The third kappa shape index (κ3) is 6.64. The lowest BCUT2D eigenvalue weighted by Crippen LogP contribution is -2.20. The number of anilines is 2. The summed E-state index contributed by atoms with van der Waals surface area (Å²) in [5, 5.41) is 16.3. The maximum atomic E-state index is 12.4. The van der Waals surface area contributed by atoms with Crippen LogP contribution < -0.4 is 30.5 Å². The molecule has 1 amide bonds. The molecule has 3 aromatic carbocycles. The number of halogens is 1. The molecule has 0 bridgehead atoms. The van der Waals surface area contributed by atoms with E-state index in [1.807, 2.05) is 12.1 Å². The molecular formula is C28H23BrN6O5. The highest BCUT2D eigenvalue weighted by atomic mass is 79.9. The number of aromatic amines is 1. The second-order valence-corrected chi connectivity index (χ2v) is 8.90. The van der Waals surface area contributed by atoms with Gasteiger partial charge in [0.25, 0.3) is 11.5 Å². The zero-order valence-corrected chi connectivity index (χ0v) is 23.0. The molecule has 11 nitrogen and oxygen atoms in total. The van der Waals surface area contributed by atoms with Crippen molar-refractivity contribution in [2.24, 2.45) is 5.10 Å². The number of H-pyrrole nitrogens is 1. The van der Waals surface area contributed by atoms with Crippen LogP contribution in [0, 0.1) is 11.3 Å². The average Bonchev–Trinajstić information content (AvgIpc) is 2.97. The molecule has 0 radical (unpaired) electrons. The van der Waals surface area contributed by atoms with Gasteiger partial charge < -0.3 is 19.5 Å². The number of para-hydroxylation sites is 2. The zero-order chi connectivity index (χ0) is 28.5. The summed E-state index contributed by atoms with van der Waals surface area (Å²) >= 11 is 3.47. The molecule has 0 aliphatic carbocycles. The highest BCUT2D eigenvalue weighted by Crippen LogP contribution is 2.33. The van der Waals surface area contributed by atoms with Gasteiger partial charge in [0.05, 0.1) is 31.8 Å². The van der Waals surface area contributed by atoms with Crippen molar-refractivity contribution in [1.29, 1.82) is 5.26 Å². The molecule has 0 spiro atoms. The Bertz CT molecular complexity index is 1650. The number of amides is 1. The maximum absolute atomic E-state index is 12.4. The number of aromatic nitrogens is 2. The van der Waals surface area contributed by atoms with Crippen LogP contribution in [0.2, 0.25) is 0 Å². The standard InChI is InChI=1S/C28H23BrN6O5/c1-38-22-11-7-6-10-21(22)32-25(36)16-40-24-13-20(29)18(12-23(24)39-2)15-31-35-28-33-26(17-8-4-3-5-9-17)19(14-30)27(37)34-28/h3-13,15H,16H2,1-2H3,(H,32,36)(H2,33,34,35,37). The molecule has 0 aliphatic rings. The molecule has 1 heterocycles. The van der Waals surface area contributed by atoms with Gasteiger partial charge in [0.1, 0.15) is 17.4 Å². The van der Waals surface area contributed by atoms with Gasteiger partial charge in [0.15, 0.2) is 18.1 Å². The van der Waals surface area contributed by atoms with Gasteiger partial charge in [0.2, 0.25) is 5.95 Å². The van der Waals surface area contributed by atoms with E-state index >= 15 is 0 Å². The van der Waals surface area contributed by atoms with Gasteiger partial charge in [-0.05, 0) is 40.2 Å². The van der Waals surface area contributed by atoms with Crippen LogP contribution in [0.4, 0.5) is 11.6 Å². The van der Waals surface area contributed by atoms with Crippen LogP contribution in [0.1, 0.15) is 11.1 Å². The number of ether oxygens (including phenoxy) is 3. The van der Waals surface area contributed by atoms with Gasteiger partial charge in [-0.1, -0.05) is 42.5 Å². The van der Waals surface area contributed by atoms with Crippen molar-refractivity contribution in [2.75, 3.05) is 31.6 Å². The average molecular weight is 603 g/mol. The Morgan fingerprint density at radius 3 is 2.52 bits per heavy atom. The van der Waals surface area contributed by atoms with Crippen molar-refractivity contribution in [1.82, 2.24) is 9.97 Å². The minimum atomic E-state index is -0.590. The summed E-state index contributed by atoms with van der Waals surface area (Å²) in [6.45, 7) is -0.267. The number of nitrogens with one attached hydrogen (secondary N) is 3. The molecule has 40 heavy (non-hydrogen) atoms. The molecule has 0 fully saturated rings. The minimum absolute atomic E-state index is 0.0585. The molecule has 0 atom stereocenters. The van der Waals surface area contributed by atoms with E-state index in [1.165, 1.54) is 20.4 Å². The highest BCUT2D eigenvalue weighted by Gasteiger charge is 2.14. The monoisotopic (exact) mass is 602 g/mol. The molecule has 0 unspecified atom stereocenters. The number of benzene rings is 3. The van der Waals surface area contributed by atoms with Crippen molar-refractivity contribution in [3.8, 4) is 34.6 Å². The lowest BCUT2D eigenvalue weighted by atomic mass is 10.1. The molecule has 0 saturated carbocycles. The Morgan fingerprint density at radius 2 is 1.80 bits per heavy atom. The Balaban J connectivity index is 1.47. The quantitative estimate of drug-likeness (QED) is 0.177. The lowest BCUT2D eigenvalue weighted by Gasteiger charge is -2.13. The Labute approximate surface area is 237 Å². The van der Waals surface area contributed by atoms with Crippen molar-refractivity contribution in [3.63, 3.8) is 0 Å². The van der Waals surface area contributed by atoms with Gasteiger partial charge >= 0.3 is 0 Å². The second-order valence-electron chi connectivity index (χ2n) is 8.05. The predicted molar refractivity (Wildman–Crippen MR) is 154 cm³/mol. The molecule has 3 N–H and O–H groups in total. The van der Waals surface area contributed by atoms with Crippen LogP contribution >= 0.6 is 15.9 Å². The van der Waals surface area contributed by atoms with Gasteiger partial charge in [-0.15, -0.1) is 0 Å². The summed E-state index contributed by atoms with van der Waals surface area (Å²) in [5.41, 5.74) is 3.99. The Kier molecular flexibility index (Phi) is 9.11. The van der Waals surface area contributed by atoms with Crippen LogP contribution in [-0.2, 0) is 4.79 Å². The first kappa shape index (κ1) is 27.9. The maximum Gasteiger partial charge on any atom is 0.270 e. The van der Waals surface area contributed by atoms with Crippen molar-refractivity contribution >= 4 is 39.7 Å². The first-order valence-electron chi connectivity index (χ1n) is 11.8. The molecule has 4 rings (SSSR count). The van der Waals surface area contributed by atoms with E-state index in [1.54, 1.807) is 60.7 Å². The third-order valence-corrected chi connectivity index (χ3v) is 6.16. The summed E-state index contributed by atoms with van der Waals surface area (Å²) in [4.78, 5) is 31.7. The number of carbonyl (C=O) groups is 1. The SMILES string of the molecule is COc1ccccc1NC(=O)COc1cc(Br)c(C=NNc2nc(-c3ccccc3)c(C#N)c(=O)[nH]2)cc1OC. The smallest absolute Gasteiger partial charge is 0.270 e. The van der Waals surface area contributed by atoms with E-state index in [9.17, 15) is 14.9 Å². The molecule has 0 saturated heterocycles. The summed E-state index contributed by atoms with van der Waals surface area (Å²) in [7, 11) is 2.99. The first-order valence-corrected chi connectivity index (χ1v) is 12.5. The van der Waals surface area contributed by atoms with Gasteiger partial charge in [-0.25, -0.2) is 10.4 Å². The van der Waals surface area contributed by atoms with E-state index in [2.05, 4.69) is 41.7 Å². The molecule has 4 aromatic rings. The predicted octanol–water partition coefficient (Wildman–Crippen LogP) is 4.55. The van der Waals surface area contributed by atoms with E-state index < -0.39 is 5.56 Å². The summed E-state index contributed by atoms with van der Waals surface area (Å²) in [5.74, 6) is 0.913. The number of rotatable bonds is 10. The van der Waals surface area contributed by atoms with Crippen LogP contribution in [0.25, 0.3) is 11.3 Å². The van der Waals surface area contributed by atoms with Crippen LogP contribution in [0.5, 0.6) is 17.2 Å². The molecule has 1 aromatic heterocycles. The fourth-order valence-electron chi connectivity index (χ4n) is 3.60. The molecule has 202 valence electrons. The van der Waals surface area contributed by atoms with Crippen LogP contribution in [0.3, 0.4) is 0 Å². The number of hydrogen-bond donors (Lipinski definition) is 3. The lowest BCUT2D eigenvalue weighted by molar-refractivity contribution is -0.118. The van der Waals surface area contributed by atoms with E-state index in [4.69, 9.17) is 14.2 Å². The number of nitriles is 1. The number of hydrogen-bond acceptors (Lipinski definition) is 9. The molecule has 0 aliphatic heterocycles. The number of hydrazone groups is 1. The van der Waals surface area contributed by atoms with Crippen LogP contribution in [0.15, 0.2) is 81.1 Å². The third-order valence-electron chi connectivity index (χ3n) is 5.48. The van der Waals surface area contributed by atoms with E-state index in [0.717, 1.165) is 0 Å². The van der Waals surface area contributed by atoms with Crippen molar-refractivity contribution < 1.29 is 19.0 Å². The number of nitrogens with zero attached hydrogens (tertiary/aromatic N) is 3. The summed E-state index contributed by atoms with van der Waals surface area (Å²) in [6, 6.07) is 21.2. The van der Waals surface area contributed by atoms with E-state index in [-0.39, 0.29) is 29.7 Å². The fraction of sp³-hybridized carbons (Fsp3) is 0.107. The number of carbonyl (C=O) groups excluding carboxylic acids is 1. The van der Waals surface area contributed by atoms with Crippen molar-refractivity contribution in [3.05, 3.63) is 92.7 Å². The largest absolute Gasteiger partial charge is 0.495 e.